The number of ether oxygens (including phenoxy) is 1. The number of thioether (sulfide) groups is 1. The highest BCUT2D eigenvalue weighted by molar-refractivity contribution is 7.99. The maximum Gasteiger partial charge on any atom is 0.258 e. The average Bonchev–Trinajstić information content (AvgIpc) is 2.56. The first kappa shape index (κ1) is 17.8. The Morgan fingerprint density at radius 3 is 2.84 bits per heavy atom. The third kappa shape index (κ3) is 3.01. The van der Waals surface area contributed by atoms with Crippen molar-refractivity contribution in [3.63, 3.8) is 0 Å². The molecule has 0 atom stereocenters. The quantitative estimate of drug-likeness (QED) is 0.460. The van der Waals surface area contributed by atoms with E-state index in [-0.39, 0.29) is 11.0 Å². The van der Waals surface area contributed by atoms with Crippen molar-refractivity contribution in [2.45, 2.75) is 44.3 Å². The summed E-state index contributed by atoms with van der Waals surface area (Å²) in [6, 6.07) is 6.01. The van der Waals surface area contributed by atoms with Crippen molar-refractivity contribution in [3.05, 3.63) is 52.3 Å². The fourth-order valence-electron chi connectivity index (χ4n) is 3.51. The van der Waals surface area contributed by atoms with Gasteiger partial charge in [-0.2, -0.15) is 0 Å². The predicted octanol–water partition coefficient (Wildman–Crippen LogP) is 4.05. The molecular formula is C20H24N2O2S. The number of aromatic nitrogens is 2. The summed E-state index contributed by atoms with van der Waals surface area (Å²) in [5.74, 6) is 1.70. The van der Waals surface area contributed by atoms with E-state index in [1.807, 2.05) is 12.1 Å². The van der Waals surface area contributed by atoms with E-state index < -0.39 is 0 Å². The molecule has 4 nitrogen and oxygen atoms in total. The lowest BCUT2D eigenvalue weighted by Gasteiger charge is -2.33. The van der Waals surface area contributed by atoms with Crippen LogP contribution in [0, 0.1) is 0 Å². The first-order valence-electron chi connectivity index (χ1n) is 8.49. The minimum atomic E-state index is -0.281. The molecule has 1 heterocycles. The van der Waals surface area contributed by atoms with Crippen LogP contribution in [0.5, 0.6) is 5.75 Å². The molecule has 1 aromatic carbocycles. The maximum atomic E-state index is 13.3. The van der Waals surface area contributed by atoms with Crippen LogP contribution in [0.25, 0.3) is 11.3 Å². The number of nitrogens with zero attached hydrogens (tertiary/aromatic N) is 2. The van der Waals surface area contributed by atoms with Crippen molar-refractivity contribution in [3.8, 4) is 17.0 Å². The van der Waals surface area contributed by atoms with Gasteiger partial charge in [0.1, 0.15) is 5.75 Å². The second-order valence-corrected chi connectivity index (χ2v) is 8.07. The number of methoxy groups -OCH3 is 1. The van der Waals surface area contributed by atoms with Crippen LogP contribution < -0.4 is 10.3 Å². The fourth-order valence-corrected chi connectivity index (χ4v) is 4.24. The number of hydrogen-bond donors (Lipinski definition) is 0. The first-order chi connectivity index (χ1) is 11.9. The minimum absolute atomic E-state index is 0.0484. The van der Waals surface area contributed by atoms with E-state index in [4.69, 9.17) is 9.72 Å². The maximum absolute atomic E-state index is 13.3. The van der Waals surface area contributed by atoms with Gasteiger partial charge in [-0.1, -0.05) is 38.6 Å². The molecule has 0 saturated carbocycles. The molecule has 0 aliphatic heterocycles. The van der Waals surface area contributed by atoms with Crippen LogP contribution in [0.3, 0.4) is 0 Å². The van der Waals surface area contributed by atoms with E-state index in [0.717, 1.165) is 39.9 Å². The number of rotatable bonds is 5. The van der Waals surface area contributed by atoms with Gasteiger partial charge in [0, 0.05) is 23.1 Å². The van der Waals surface area contributed by atoms with Crippen LogP contribution in [-0.2, 0) is 18.4 Å². The zero-order valence-electron chi connectivity index (χ0n) is 15.3. The molecule has 0 spiro atoms. The molecule has 1 aliphatic rings. The third-order valence-electron chi connectivity index (χ3n) is 4.60. The molecule has 0 amide bonds. The van der Waals surface area contributed by atoms with Crippen molar-refractivity contribution in [2.24, 2.45) is 0 Å². The molecule has 0 fully saturated rings. The Kier molecular flexibility index (Phi) is 4.78. The largest absolute Gasteiger partial charge is 0.497 e. The molecular weight excluding hydrogens is 332 g/mol. The van der Waals surface area contributed by atoms with Crippen LogP contribution >= 0.6 is 11.8 Å². The Morgan fingerprint density at radius 2 is 2.20 bits per heavy atom. The average molecular weight is 356 g/mol. The summed E-state index contributed by atoms with van der Waals surface area (Å²) < 4.78 is 7.12. The summed E-state index contributed by atoms with van der Waals surface area (Å²) in [5.41, 5.74) is 3.60. The van der Waals surface area contributed by atoms with Gasteiger partial charge in [0.25, 0.3) is 5.56 Å². The summed E-state index contributed by atoms with van der Waals surface area (Å²) in [7, 11) is 1.67. The number of hydrogen-bond acceptors (Lipinski definition) is 4. The fraction of sp³-hybridized carbons (Fsp3) is 0.400. The van der Waals surface area contributed by atoms with Gasteiger partial charge in [0.15, 0.2) is 5.16 Å². The molecule has 5 heteroatoms. The molecule has 132 valence electrons. The molecule has 0 radical (unpaired) electrons. The van der Waals surface area contributed by atoms with E-state index in [0.29, 0.717) is 6.54 Å². The Hall–Kier alpha value is -2.01. The molecule has 0 saturated heterocycles. The number of benzene rings is 1. The van der Waals surface area contributed by atoms with Crippen LogP contribution in [0.1, 0.15) is 31.9 Å². The zero-order valence-corrected chi connectivity index (χ0v) is 16.1. The summed E-state index contributed by atoms with van der Waals surface area (Å²) in [6.45, 7) is 10.6. The second-order valence-electron chi connectivity index (χ2n) is 6.84. The second kappa shape index (κ2) is 6.71. The lowest BCUT2D eigenvalue weighted by Crippen LogP contribution is -2.38. The molecule has 25 heavy (non-hydrogen) atoms. The van der Waals surface area contributed by atoms with E-state index in [1.54, 1.807) is 29.5 Å². The normalized spacial score (nSPS) is 14.6. The lowest BCUT2D eigenvalue weighted by atomic mass is 9.72. The van der Waals surface area contributed by atoms with Crippen molar-refractivity contribution in [1.82, 2.24) is 9.55 Å². The standard InChI is InChI=1S/C20H24N2O2S/c1-6-10-22-18(23)16-17(21-19(22)25-7-2)15-9-8-14(24-5)11-13(15)12-20(16,3)4/h6,8-9,11H,1,7,10,12H2,2-5H3. The SMILES string of the molecule is C=CCn1c(SCC)nc2c(c1=O)C(C)(C)Cc1cc(OC)ccc1-2. The monoisotopic (exact) mass is 356 g/mol. The lowest BCUT2D eigenvalue weighted by molar-refractivity contribution is 0.413. The highest BCUT2D eigenvalue weighted by atomic mass is 32.2. The molecule has 3 rings (SSSR count). The van der Waals surface area contributed by atoms with Gasteiger partial charge in [-0.3, -0.25) is 9.36 Å². The van der Waals surface area contributed by atoms with E-state index >= 15 is 0 Å². The van der Waals surface area contributed by atoms with Crippen molar-refractivity contribution >= 4 is 11.8 Å². The van der Waals surface area contributed by atoms with Gasteiger partial charge in [-0.15, -0.1) is 6.58 Å². The number of allylic oxidation sites excluding steroid dienone is 1. The first-order valence-corrected chi connectivity index (χ1v) is 9.47. The minimum Gasteiger partial charge on any atom is -0.497 e. The van der Waals surface area contributed by atoms with Gasteiger partial charge in [0.05, 0.1) is 12.8 Å². The topological polar surface area (TPSA) is 44.1 Å². The molecule has 0 unspecified atom stereocenters. The third-order valence-corrected chi connectivity index (χ3v) is 5.45. The molecule has 2 aromatic rings. The van der Waals surface area contributed by atoms with Crippen molar-refractivity contribution < 1.29 is 4.74 Å². The van der Waals surface area contributed by atoms with Gasteiger partial charge in [-0.05, 0) is 35.9 Å². The summed E-state index contributed by atoms with van der Waals surface area (Å²) in [6.07, 6.45) is 2.54. The summed E-state index contributed by atoms with van der Waals surface area (Å²) >= 11 is 1.59. The van der Waals surface area contributed by atoms with Gasteiger partial charge < -0.3 is 4.74 Å². The van der Waals surface area contributed by atoms with Crippen LogP contribution in [0.15, 0.2) is 40.8 Å². The van der Waals surface area contributed by atoms with Crippen molar-refractivity contribution in [2.75, 3.05) is 12.9 Å². The summed E-state index contributed by atoms with van der Waals surface area (Å²) in [4.78, 5) is 18.2. The van der Waals surface area contributed by atoms with Crippen molar-refractivity contribution in [1.29, 1.82) is 0 Å². The van der Waals surface area contributed by atoms with E-state index in [2.05, 4.69) is 33.4 Å². The Morgan fingerprint density at radius 1 is 1.44 bits per heavy atom. The highest BCUT2D eigenvalue weighted by Crippen LogP contribution is 2.42. The number of fused-ring (bicyclic) bond motifs is 3. The van der Waals surface area contributed by atoms with Crippen LogP contribution in [-0.4, -0.2) is 22.4 Å². The Labute approximate surface area is 152 Å². The molecule has 1 aromatic heterocycles. The Bertz CT molecular complexity index is 884. The van der Waals surface area contributed by atoms with Crippen LogP contribution in [0.2, 0.25) is 0 Å². The summed E-state index contributed by atoms with van der Waals surface area (Å²) in [5, 5.41) is 0.755. The smallest absolute Gasteiger partial charge is 0.258 e. The molecule has 1 aliphatic carbocycles. The van der Waals surface area contributed by atoms with E-state index in [9.17, 15) is 4.79 Å². The molecule has 0 N–H and O–H groups in total. The molecule has 0 bridgehead atoms. The van der Waals surface area contributed by atoms with E-state index in [1.165, 1.54) is 5.56 Å². The van der Waals surface area contributed by atoms with Crippen LogP contribution in [0.4, 0.5) is 0 Å². The van der Waals surface area contributed by atoms with Gasteiger partial charge in [-0.25, -0.2) is 4.98 Å². The predicted molar refractivity (Wildman–Crippen MR) is 104 cm³/mol. The van der Waals surface area contributed by atoms with Gasteiger partial charge >= 0.3 is 0 Å². The highest BCUT2D eigenvalue weighted by Gasteiger charge is 2.36. The van der Waals surface area contributed by atoms with Gasteiger partial charge in [0.2, 0.25) is 0 Å². The Balaban J connectivity index is 2.33. The zero-order chi connectivity index (χ0) is 18.2.